The number of nitrogens with one attached hydrogen (secondary N) is 1. The molecule has 122 valence electrons. The lowest BCUT2D eigenvalue weighted by Crippen LogP contribution is -2.46. The van der Waals surface area contributed by atoms with Gasteiger partial charge in [-0.25, -0.2) is 0 Å². The number of hydrogen-bond acceptors (Lipinski definition) is 4. The molecule has 2 aliphatic heterocycles. The Balaban J connectivity index is 1.51. The molecule has 0 aliphatic carbocycles. The van der Waals surface area contributed by atoms with Crippen LogP contribution < -0.4 is 10.1 Å². The Labute approximate surface area is 134 Å². The average molecular weight is 303 g/mol. The van der Waals surface area contributed by atoms with Gasteiger partial charge in [-0.1, -0.05) is 19.9 Å². The molecule has 1 saturated heterocycles. The van der Waals surface area contributed by atoms with E-state index in [0.717, 1.165) is 37.4 Å². The molecule has 4 nitrogen and oxygen atoms in total. The molecule has 0 bridgehead atoms. The molecule has 2 heterocycles. The zero-order valence-corrected chi connectivity index (χ0v) is 14.0. The van der Waals surface area contributed by atoms with Crippen LogP contribution in [-0.4, -0.2) is 61.7 Å². The van der Waals surface area contributed by atoms with Gasteiger partial charge in [0.05, 0.1) is 12.2 Å². The summed E-state index contributed by atoms with van der Waals surface area (Å²) in [6, 6.07) is 6.62. The average Bonchev–Trinajstić information content (AvgIpc) is 2.59. The first kappa shape index (κ1) is 15.6. The Morgan fingerprint density at radius 2 is 1.91 bits per heavy atom. The summed E-state index contributed by atoms with van der Waals surface area (Å²) in [5.41, 5.74) is 2.57. The minimum atomic E-state index is 0.313. The predicted octanol–water partition coefficient (Wildman–Crippen LogP) is 2.45. The molecule has 0 amide bonds. The number of likely N-dealkylation sites (N-methyl/N-ethyl adjacent to an activating group) is 1. The SMILES string of the molecule is CCC1CNc2cc(CCN3CCN(CC)CC3)ccc2O1. The second kappa shape index (κ2) is 7.34. The first-order valence-corrected chi connectivity index (χ1v) is 8.76. The van der Waals surface area contributed by atoms with Crippen molar-refractivity contribution in [3.8, 4) is 5.75 Å². The first-order chi connectivity index (χ1) is 10.8. The lowest BCUT2D eigenvalue weighted by Gasteiger charge is -2.34. The molecule has 1 atom stereocenters. The highest BCUT2D eigenvalue weighted by molar-refractivity contribution is 5.59. The zero-order chi connectivity index (χ0) is 15.4. The Kier molecular flexibility index (Phi) is 5.21. The van der Waals surface area contributed by atoms with E-state index in [-0.39, 0.29) is 0 Å². The molecule has 1 aromatic carbocycles. The zero-order valence-electron chi connectivity index (χ0n) is 14.0. The summed E-state index contributed by atoms with van der Waals surface area (Å²) in [7, 11) is 0. The largest absolute Gasteiger partial charge is 0.486 e. The molecule has 0 radical (unpaired) electrons. The highest BCUT2D eigenvalue weighted by Crippen LogP contribution is 2.30. The number of anilines is 1. The molecule has 0 saturated carbocycles. The van der Waals surface area contributed by atoms with Crippen molar-refractivity contribution in [2.45, 2.75) is 32.8 Å². The van der Waals surface area contributed by atoms with Gasteiger partial charge in [0.2, 0.25) is 0 Å². The van der Waals surface area contributed by atoms with Crippen LogP contribution in [0.3, 0.4) is 0 Å². The Bertz CT molecular complexity index is 483. The number of nitrogens with zero attached hydrogens (tertiary/aromatic N) is 2. The summed E-state index contributed by atoms with van der Waals surface area (Å²) in [4.78, 5) is 5.11. The van der Waals surface area contributed by atoms with Crippen LogP contribution in [0.25, 0.3) is 0 Å². The maximum atomic E-state index is 5.98. The van der Waals surface area contributed by atoms with Crippen molar-refractivity contribution in [2.24, 2.45) is 0 Å². The van der Waals surface area contributed by atoms with Gasteiger partial charge in [0.15, 0.2) is 0 Å². The fourth-order valence-corrected chi connectivity index (χ4v) is 3.26. The molecular formula is C18H29N3O. The Hall–Kier alpha value is -1.26. The predicted molar refractivity (Wildman–Crippen MR) is 91.9 cm³/mol. The minimum absolute atomic E-state index is 0.313. The Morgan fingerprint density at radius 3 is 2.64 bits per heavy atom. The van der Waals surface area contributed by atoms with E-state index in [0.29, 0.717) is 6.10 Å². The van der Waals surface area contributed by atoms with Gasteiger partial charge in [-0.15, -0.1) is 0 Å². The number of piperazine rings is 1. The van der Waals surface area contributed by atoms with E-state index in [4.69, 9.17) is 4.74 Å². The van der Waals surface area contributed by atoms with Crippen LogP contribution in [0.5, 0.6) is 5.75 Å². The summed E-state index contributed by atoms with van der Waals surface area (Å²) < 4.78 is 5.98. The summed E-state index contributed by atoms with van der Waals surface area (Å²) in [6.45, 7) is 12.5. The molecule has 2 aliphatic rings. The van der Waals surface area contributed by atoms with Crippen LogP contribution in [-0.2, 0) is 6.42 Å². The smallest absolute Gasteiger partial charge is 0.142 e. The Morgan fingerprint density at radius 1 is 1.14 bits per heavy atom. The van der Waals surface area contributed by atoms with E-state index < -0.39 is 0 Å². The van der Waals surface area contributed by atoms with Gasteiger partial charge < -0.3 is 19.9 Å². The third-order valence-electron chi connectivity index (χ3n) is 4.94. The van der Waals surface area contributed by atoms with Crippen molar-refractivity contribution >= 4 is 5.69 Å². The standard InChI is InChI=1S/C18H29N3O/c1-3-16-14-19-17-13-15(5-6-18(17)22-16)7-8-21-11-9-20(4-2)10-12-21/h5-6,13,16,19H,3-4,7-12,14H2,1-2H3. The van der Waals surface area contributed by atoms with Gasteiger partial charge in [-0.05, 0) is 37.1 Å². The number of fused-ring (bicyclic) bond motifs is 1. The number of benzene rings is 1. The van der Waals surface area contributed by atoms with Gasteiger partial charge in [0, 0.05) is 32.7 Å². The van der Waals surface area contributed by atoms with Gasteiger partial charge >= 0.3 is 0 Å². The normalized spacial score (nSPS) is 22.7. The quantitative estimate of drug-likeness (QED) is 0.904. The molecule has 1 fully saturated rings. The highest BCUT2D eigenvalue weighted by atomic mass is 16.5. The molecule has 22 heavy (non-hydrogen) atoms. The second-order valence-corrected chi connectivity index (χ2v) is 6.39. The van der Waals surface area contributed by atoms with Crippen LogP contribution in [0, 0.1) is 0 Å². The van der Waals surface area contributed by atoms with Gasteiger partial charge in [0.1, 0.15) is 11.9 Å². The number of ether oxygens (including phenoxy) is 1. The summed E-state index contributed by atoms with van der Waals surface area (Å²) in [5.74, 6) is 1.01. The highest BCUT2D eigenvalue weighted by Gasteiger charge is 2.18. The lowest BCUT2D eigenvalue weighted by atomic mass is 10.1. The number of hydrogen-bond donors (Lipinski definition) is 1. The van der Waals surface area contributed by atoms with E-state index in [2.05, 4.69) is 47.2 Å². The van der Waals surface area contributed by atoms with Crippen molar-refractivity contribution in [1.82, 2.24) is 9.80 Å². The van der Waals surface area contributed by atoms with Crippen LogP contribution in [0.2, 0.25) is 0 Å². The van der Waals surface area contributed by atoms with Crippen molar-refractivity contribution in [1.29, 1.82) is 0 Å². The van der Waals surface area contributed by atoms with E-state index in [1.165, 1.54) is 38.3 Å². The lowest BCUT2D eigenvalue weighted by molar-refractivity contribution is 0.138. The topological polar surface area (TPSA) is 27.7 Å². The van der Waals surface area contributed by atoms with Gasteiger partial charge in [-0.2, -0.15) is 0 Å². The molecular weight excluding hydrogens is 274 g/mol. The van der Waals surface area contributed by atoms with E-state index in [9.17, 15) is 0 Å². The maximum Gasteiger partial charge on any atom is 0.142 e. The third-order valence-corrected chi connectivity index (χ3v) is 4.94. The molecule has 4 heteroatoms. The van der Waals surface area contributed by atoms with Crippen molar-refractivity contribution in [3.05, 3.63) is 23.8 Å². The van der Waals surface area contributed by atoms with Crippen LogP contribution in [0.4, 0.5) is 5.69 Å². The van der Waals surface area contributed by atoms with E-state index in [1.54, 1.807) is 0 Å². The molecule has 0 spiro atoms. The van der Waals surface area contributed by atoms with Gasteiger partial charge in [-0.3, -0.25) is 0 Å². The summed E-state index contributed by atoms with van der Waals surface area (Å²) >= 11 is 0. The van der Waals surface area contributed by atoms with Crippen LogP contribution in [0.15, 0.2) is 18.2 Å². The van der Waals surface area contributed by atoms with Gasteiger partial charge in [0.25, 0.3) is 0 Å². The fourth-order valence-electron chi connectivity index (χ4n) is 3.26. The molecule has 1 aromatic rings. The monoisotopic (exact) mass is 303 g/mol. The van der Waals surface area contributed by atoms with Crippen molar-refractivity contribution in [3.63, 3.8) is 0 Å². The first-order valence-electron chi connectivity index (χ1n) is 8.76. The molecule has 1 unspecified atom stereocenters. The third kappa shape index (κ3) is 3.73. The summed E-state index contributed by atoms with van der Waals surface area (Å²) in [5, 5.41) is 3.51. The van der Waals surface area contributed by atoms with Crippen molar-refractivity contribution < 1.29 is 4.74 Å². The van der Waals surface area contributed by atoms with E-state index in [1.807, 2.05) is 0 Å². The second-order valence-electron chi connectivity index (χ2n) is 6.39. The van der Waals surface area contributed by atoms with Crippen LogP contribution in [0.1, 0.15) is 25.8 Å². The maximum absolute atomic E-state index is 5.98. The molecule has 1 N–H and O–H groups in total. The van der Waals surface area contributed by atoms with Crippen molar-refractivity contribution in [2.75, 3.05) is 51.1 Å². The summed E-state index contributed by atoms with van der Waals surface area (Å²) in [6.07, 6.45) is 2.49. The molecule has 0 aromatic heterocycles. The fraction of sp³-hybridized carbons (Fsp3) is 0.667. The number of rotatable bonds is 5. The van der Waals surface area contributed by atoms with Crippen LogP contribution >= 0.6 is 0 Å². The molecule has 3 rings (SSSR count). The van der Waals surface area contributed by atoms with E-state index >= 15 is 0 Å². The minimum Gasteiger partial charge on any atom is -0.486 e.